The van der Waals surface area contributed by atoms with E-state index >= 15 is 0 Å². The molecule has 0 aromatic rings. The van der Waals surface area contributed by atoms with E-state index in [0.29, 0.717) is 32.1 Å². The number of aliphatic hydroxyl groups excluding tert-OH is 1. The molecule has 0 heterocycles. The molecule has 5 unspecified atom stereocenters. The quantitative estimate of drug-likeness (QED) is 0.0169. The van der Waals surface area contributed by atoms with Gasteiger partial charge in [0.2, 0.25) is 0 Å². The summed E-state index contributed by atoms with van der Waals surface area (Å²) in [5.41, 5.74) is 0. The van der Waals surface area contributed by atoms with Crippen LogP contribution in [0.1, 0.15) is 310 Å². The van der Waals surface area contributed by atoms with Gasteiger partial charge in [0.1, 0.15) is 19.3 Å². The first-order valence-electron chi connectivity index (χ1n) is 39.4. The Morgan fingerprint density at radius 1 is 0.284 bits per heavy atom. The summed E-state index contributed by atoms with van der Waals surface area (Å²) in [5, 5.41) is 10.6. The van der Waals surface area contributed by atoms with Gasteiger partial charge in [0.15, 0.2) is 12.2 Å². The average molecular weight is 1470 g/mol. The van der Waals surface area contributed by atoms with Crippen LogP contribution >= 0.6 is 15.6 Å². The van der Waals surface area contributed by atoms with Crippen LogP contribution in [0.25, 0.3) is 0 Å². The van der Waals surface area contributed by atoms with Crippen molar-refractivity contribution in [2.75, 3.05) is 39.6 Å². The van der Waals surface area contributed by atoms with Crippen molar-refractivity contribution in [3.8, 4) is 0 Å². The molecular formula is C83H140O17P2. The van der Waals surface area contributed by atoms with Crippen molar-refractivity contribution in [1.29, 1.82) is 0 Å². The van der Waals surface area contributed by atoms with Gasteiger partial charge in [0.25, 0.3) is 0 Å². The van der Waals surface area contributed by atoms with Crippen LogP contribution in [-0.2, 0) is 65.4 Å². The first-order valence-corrected chi connectivity index (χ1v) is 42.4. The summed E-state index contributed by atoms with van der Waals surface area (Å²) >= 11 is 0. The highest BCUT2D eigenvalue weighted by atomic mass is 31.2. The summed E-state index contributed by atoms with van der Waals surface area (Å²) in [6, 6.07) is 0. The summed E-state index contributed by atoms with van der Waals surface area (Å²) in [4.78, 5) is 72.9. The first-order chi connectivity index (χ1) is 49.7. The lowest BCUT2D eigenvalue weighted by molar-refractivity contribution is -0.161. The van der Waals surface area contributed by atoms with Crippen molar-refractivity contribution in [1.82, 2.24) is 0 Å². The van der Waals surface area contributed by atoms with Crippen LogP contribution in [0, 0.1) is 0 Å². The zero-order valence-corrected chi connectivity index (χ0v) is 65.5. The fourth-order valence-corrected chi connectivity index (χ4v) is 11.8. The second kappa shape index (κ2) is 74.5. The van der Waals surface area contributed by atoms with Crippen LogP contribution in [0.2, 0.25) is 0 Å². The highest BCUT2D eigenvalue weighted by molar-refractivity contribution is 7.47. The van der Waals surface area contributed by atoms with E-state index in [2.05, 4.69) is 143 Å². The Morgan fingerprint density at radius 3 is 0.853 bits per heavy atom. The molecule has 0 radical (unpaired) electrons. The molecule has 0 aliphatic rings. The fraction of sp³-hybridized carbons (Fsp3) is 0.687. The minimum Gasteiger partial charge on any atom is -0.462 e. The van der Waals surface area contributed by atoms with Gasteiger partial charge in [-0.05, 0) is 128 Å². The third kappa shape index (κ3) is 73.5. The maximum Gasteiger partial charge on any atom is 0.472 e. The van der Waals surface area contributed by atoms with Gasteiger partial charge in [-0.3, -0.25) is 37.3 Å². The molecule has 19 heteroatoms. The van der Waals surface area contributed by atoms with Crippen LogP contribution < -0.4 is 0 Å². The minimum atomic E-state index is -5.00. The zero-order chi connectivity index (χ0) is 74.6. The number of unbranched alkanes of at least 4 members (excludes halogenated alkanes) is 25. The number of carbonyl (C=O) groups excluding carboxylic acids is 4. The summed E-state index contributed by atoms with van der Waals surface area (Å²) < 4.78 is 68.4. The standard InChI is InChI=1S/C83H140O17P2/c1-5-9-13-17-21-25-29-32-35-37-38-40-43-45-49-52-56-60-64-68-81(86)94-74-79(100-83(88)70-66-62-58-54-50-46-41-34-31-27-23-19-15-11-7-3)76-98-102(91,92)96-72-77(84)71-95-101(89,90)97-75-78(99-82(87)69-65-61-57-53-47-28-24-20-16-12-8-4)73-93-80(85)67-63-59-55-51-48-44-42-39-36-33-30-26-22-18-14-10-6-2/h9-10,13-14,21-22,25-26,32-36,38,40-42,44-45,49,56,60,77-79,84H,5-8,11-12,15-20,23-24,27-31,37,39,43,46-48,50-55,57-59,61-76H2,1-4H3,(H,89,90)(H,91,92)/b13-9-,14-10-,25-21-,26-22-,35-32-,36-33-,40-38-,41-34-,44-42-,49-45-,60-56-. The smallest absolute Gasteiger partial charge is 0.462 e. The molecule has 17 nitrogen and oxygen atoms in total. The number of hydrogen-bond donors (Lipinski definition) is 3. The van der Waals surface area contributed by atoms with E-state index in [1.54, 1.807) is 0 Å². The number of hydrogen-bond acceptors (Lipinski definition) is 15. The van der Waals surface area contributed by atoms with E-state index in [-0.39, 0.29) is 25.7 Å². The van der Waals surface area contributed by atoms with Gasteiger partial charge in [-0.25, -0.2) is 9.13 Å². The molecule has 102 heavy (non-hydrogen) atoms. The summed E-state index contributed by atoms with van der Waals surface area (Å²) in [5.74, 6) is -2.30. The van der Waals surface area contributed by atoms with Crippen LogP contribution in [0.15, 0.2) is 134 Å². The molecule has 0 aliphatic carbocycles. The molecule has 0 bridgehead atoms. The zero-order valence-electron chi connectivity index (χ0n) is 63.7. The lowest BCUT2D eigenvalue weighted by Crippen LogP contribution is -2.30. The number of phosphoric acid groups is 2. The molecular weight excluding hydrogens is 1330 g/mol. The van der Waals surface area contributed by atoms with Crippen LogP contribution in [0.5, 0.6) is 0 Å². The monoisotopic (exact) mass is 1470 g/mol. The maximum absolute atomic E-state index is 13.1. The van der Waals surface area contributed by atoms with E-state index in [9.17, 15) is 43.2 Å². The van der Waals surface area contributed by atoms with Gasteiger partial charge >= 0.3 is 39.5 Å². The van der Waals surface area contributed by atoms with E-state index in [0.717, 1.165) is 148 Å². The number of carbonyl (C=O) groups is 4. The fourth-order valence-electron chi connectivity index (χ4n) is 10.2. The van der Waals surface area contributed by atoms with Gasteiger partial charge in [0.05, 0.1) is 26.4 Å². The highest BCUT2D eigenvalue weighted by Crippen LogP contribution is 2.45. The first kappa shape index (κ1) is 97.2. The van der Waals surface area contributed by atoms with E-state index in [4.69, 9.17) is 37.0 Å². The van der Waals surface area contributed by atoms with Crippen LogP contribution in [0.3, 0.4) is 0 Å². The minimum absolute atomic E-state index is 0.0323. The molecule has 0 saturated heterocycles. The SMILES string of the molecule is CC/C=C\C/C=C\C/C=C\C/C=C\C/C=C\C/C=C\CCC(=O)OCC(COP(=O)(O)OCC(O)COP(=O)(O)OCC(COC(=O)CCCCCC/C=C\C/C=C\C/C=C\C/C=C\CC)OC(=O)CCCCCCCCCCCCC)OC(=O)CCCCCCC/C=C\CCCCCCCC. The molecule has 0 saturated carbocycles. The van der Waals surface area contributed by atoms with Gasteiger partial charge in [-0.15, -0.1) is 0 Å². The van der Waals surface area contributed by atoms with E-state index in [1.165, 1.54) is 77.0 Å². The van der Waals surface area contributed by atoms with Crippen molar-refractivity contribution in [2.24, 2.45) is 0 Å². The van der Waals surface area contributed by atoms with Crippen molar-refractivity contribution in [3.05, 3.63) is 134 Å². The van der Waals surface area contributed by atoms with Gasteiger partial charge < -0.3 is 33.8 Å². The van der Waals surface area contributed by atoms with Crippen molar-refractivity contribution >= 4 is 39.5 Å². The highest BCUT2D eigenvalue weighted by Gasteiger charge is 2.30. The van der Waals surface area contributed by atoms with Crippen molar-refractivity contribution < 1.29 is 80.2 Å². The van der Waals surface area contributed by atoms with Gasteiger partial charge in [0, 0.05) is 25.7 Å². The second-order valence-electron chi connectivity index (χ2n) is 25.9. The number of esters is 4. The van der Waals surface area contributed by atoms with Gasteiger partial charge in [-0.1, -0.05) is 290 Å². The number of rotatable bonds is 73. The van der Waals surface area contributed by atoms with Crippen molar-refractivity contribution in [2.45, 2.75) is 329 Å². The van der Waals surface area contributed by atoms with Crippen molar-refractivity contribution in [3.63, 3.8) is 0 Å². The number of phosphoric ester groups is 2. The number of ether oxygens (including phenoxy) is 4. The second-order valence-corrected chi connectivity index (χ2v) is 28.8. The van der Waals surface area contributed by atoms with Crippen LogP contribution in [-0.4, -0.2) is 96.7 Å². The Hall–Kier alpha value is -4.80. The molecule has 0 aromatic heterocycles. The van der Waals surface area contributed by atoms with Gasteiger partial charge in [-0.2, -0.15) is 0 Å². The molecule has 0 amide bonds. The van der Waals surface area contributed by atoms with Crippen LogP contribution in [0.4, 0.5) is 0 Å². The Kier molecular flexibility index (Phi) is 71.0. The lowest BCUT2D eigenvalue weighted by atomic mass is 10.1. The largest absolute Gasteiger partial charge is 0.472 e. The topological polar surface area (TPSA) is 237 Å². The maximum atomic E-state index is 13.1. The summed E-state index contributed by atoms with van der Waals surface area (Å²) in [7, 11) is -9.98. The Morgan fingerprint density at radius 2 is 0.529 bits per heavy atom. The molecule has 0 spiro atoms. The molecule has 0 fully saturated rings. The van der Waals surface area contributed by atoms with E-state index in [1.807, 2.05) is 18.2 Å². The van der Waals surface area contributed by atoms with E-state index < -0.39 is 97.5 Å². The molecule has 3 N–H and O–H groups in total. The Bertz CT molecular complexity index is 2460. The third-order valence-corrected chi connectivity index (χ3v) is 18.0. The molecule has 0 rings (SSSR count). The average Bonchev–Trinajstić information content (AvgIpc) is 0.939. The molecule has 0 aromatic carbocycles. The normalized spacial score (nSPS) is 14.6. The predicted octanol–water partition coefficient (Wildman–Crippen LogP) is 22.9. The predicted molar refractivity (Wildman–Crippen MR) is 418 cm³/mol. The third-order valence-electron chi connectivity index (χ3n) is 16.1. The Labute approximate surface area is 618 Å². The summed E-state index contributed by atoms with van der Waals surface area (Å²) in [6.45, 7) is 4.52. The number of allylic oxidation sites excluding steroid dienone is 22. The summed E-state index contributed by atoms with van der Waals surface area (Å²) in [6.07, 6.45) is 83.1. The molecule has 5 atom stereocenters. The number of aliphatic hydroxyl groups is 1. The Balaban J connectivity index is 5.41. The molecule has 584 valence electrons. The lowest BCUT2D eigenvalue weighted by Gasteiger charge is -2.21. The molecule has 0 aliphatic heterocycles.